The van der Waals surface area contributed by atoms with Gasteiger partial charge in [-0.1, -0.05) is 60.2 Å². The van der Waals surface area contributed by atoms with Gasteiger partial charge in [0.25, 0.3) is 0 Å². The molecule has 1 N–H and O–H groups in total. The summed E-state index contributed by atoms with van der Waals surface area (Å²) in [6.07, 6.45) is 4.20. The number of aromatic carboxylic acids is 1. The van der Waals surface area contributed by atoms with E-state index in [1.165, 1.54) is 32.7 Å². The zero-order valence-electron chi connectivity index (χ0n) is 17.6. The summed E-state index contributed by atoms with van der Waals surface area (Å²) in [5, 5.41) is 9.06. The van der Waals surface area contributed by atoms with Crippen LogP contribution >= 0.6 is 11.8 Å². The third-order valence-corrected chi connectivity index (χ3v) is 6.68. The van der Waals surface area contributed by atoms with E-state index in [1.807, 2.05) is 23.9 Å². The topological polar surface area (TPSA) is 37.3 Å². The van der Waals surface area contributed by atoms with E-state index in [0.29, 0.717) is 5.56 Å². The van der Waals surface area contributed by atoms with E-state index in [2.05, 4.69) is 69.3 Å². The first kappa shape index (κ1) is 20.5. The van der Waals surface area contributed by atoms with Crippen LogP contribution in [0.1, 0.15) is 52.0 Å². The highest BCUT2D eigenvalue weighted by Gasteiger charge is 2.26. The lowest BCUT2D eigenvalue weighted by atomic mass is 9.91. The average Bonchev–Trinajstić information content (AvgIpc) is 2.72. The number of thioether (sulfide) groups is 1. The highest BCUT2D eigenvalue weighted by Crippen LogP contribution is 2.46. The smallest absolute Gasteiger partial charge is 0.335 e. The fourth-order valence-electron chi connectivity index (χ4n) is 3.84. The van der Waals surface area contributed by atoms with Crippen molar-refractivity contribution in [1.29, 1.82) is 0 Å². The van der Waals surface area contributed by atoms with E-state index in [9.17, 15) is 4.79 Å². The Bertz CT molecular complexity index is 1110. The molecule has 1 heterocycles. The minimum atomic E-state index is -0.882. The second-order valence-corrected chi connectivity index (χ2v) is 10.2. The van der Waals surface area contributed by atoms with Crippen molar-refractivity contribution in [1.82, 2.24) is 0 Å². The van der Waals surface area contributed by atoms with Gasteiger partial charge < -0.3 is 5.11 Å². The molecule has 3 heteroatoms. The molecule has 3 aromatic rings. The first-order valence-electron chi connectivity index (χ1n) is 10.3. The van der Waals surface area contributed by atoms with Crippen LogP contribution in [0.15, 0.2) is 77.7 Å². The molecule has 0 radical (unpaired) electrons. The van der Waals surface area contributed by atoms with Gasteiger partial charge in [0.05, 0.1) is 5.56 Å². The van der Waals surface area contributed by atoms with Gasteiger partial charge in [-0.2, -0.15) is 0 Å². The fourth-order valence-corrected chi connectivity index (χ4v) is 5.00. The van der Waals surface area contributed by atoms with Crippen LogP contribution in [0.5, 0.6) is 0 Å². The molecule has 0 amide bonds. The number of fused-ring (bicyclic) bond motifs is 1. The zero-order chi connectivity index (χ0) is 21.3. The molecule has 0 saturated heterocycles. The lowest BCUT2D eigenvalue weighted by Crippen LogP contribution is -2.16. The minimum Gasteiger partial charge on any atom is -0.478 e. The maximum atomic E-state index is 11.0. The SMILES string of the molecule is Cc1ccc(C2=CC(C)(C)Sc3ccc(CCc4ccc(C(=O)O)cc4)cc32)cc1. The van der Waals surface area contributed by atoms with Gasteiger partial charge in [0.2, 0.25) is 0 Å². The molecule has 152 valence electrons. The summed E-state index contributed by atoms with van der Waals surface area (Å²) in [6, 6.07) is 22.8. The number of aryl methyl sites for hydroxylation is 3. The number of benzene rings is 3. The monoisotopic (exact) mass is 414 g/mol. The van der Waals surface area contributed by atoms with E-state index < -0.39 is 5.97 Å². The number of carboxylic acid groups (broad SMARTS) is 1. The Morgan fingerprint density at radius 3 is 2.20 bits per heavy atom. The van der Waals surface area contributed by atoms with Gasteiger partial charge in [0.1, 0.15) is 0 Å². The molecule has 0 aromatic heterocycles. The van der Waals surface area contributed by atoms with Crippen LogP contribution in [0, 0.1) is 6.92 Å². The molecule has 0 aliphatic carbocycles. The predicted octanol–water partition coefficient (Wildman–Crippen LogP) is 6.79. The van der Waals surface area contributed by atoms with Crippen LogP contribution in [0.25, 0.3) is 5.57 Å². The van der Waals surface area contributed by atoms with Gasteiger partial charge >= 0.3 is 5.97 Å². The lowest BCUT2D eigenvalue weighted by Gasteiger charge is -2.30. The normalized spacial score (nSPS) is 14.7. The van der Waals surface area contributed by atoms with Crippen molar-refractivity contribution in [2.75, 3.05) is 0 Å². The van der Waals surface area contributed by atoms with E-state index in [1.54, 1.807) is 12.1 Å². The third-order valence-electron chi connectivity index (χ3n) is 5.46. The van der Waals surface area contributed by atoms with Crippen LogP contribution in [0.4, 0.5) is 0 Å². The van der Waals surface area contributed by atoms with Crippen molar-refractivity contribution in [2.45, 2.75) is 43.3 Å². The van der Waals surface area contributed by atoms with Gasteiger partial charge in [-0.3, -0.25) is 0 Å². The molecule has 0 bridgehead atoms. The molecule has 1 aliphatic rings. The molecule has 1 aliphatic heterocycles. The first-order chi connectivity index (χ1) is 14.3. The van der Waals surface area contributed by atoms with Gasteiger partial charge in [-0.05, 0) is 79.6 Å². The Kier molecular flexibility index (Phi) is 5.57. The molecule has 30 heavy (non-hydrogen) atoms. The number of hydrogen-bond donors (Lipinski definition) is 1. The molecule has 2 nitrogen and oxygen atoms in total. The molecule has 0 atom stereocenters. The van der Waals surface area contributed by atoms with Crippen LogP contribution < -0.4 is 0 Å². The Morgan fingerprint density at radius 2 is 1.53 bits per heavy atom. The van der Waals surface area contributed by atoms with Crippen molar-refractivity contribution in [3.63, 3.8) is 0 Å². The van der Waals surface area contributed by atoms with Crippen LogP contribution in [-0.4, -0.2) is 15.8 Å². The predicted molar refractivity (Wildman–Crippen MR) is 125 cm³/mol. The van der Waals surface area contributed by atoms with Crippen molar-refractivity contribution < 1.29 is 9.90 Å². The average molecular weight is 415 g/mol. The summed E-state index contributed by atoms with van der Waals surface area (Å²) in [6.45, 7) is 6.65. The second-order valence-electron chi connectivity index (χ2n) is 8.46. The standard InChI is InChI=1S/C27H26O2S/c1-18-4-11-21(12-5-18)24-17-27(2,3)30-25-15-10-20(16-23(24)25)7-6-19-8-13-22(14-9-19)26(28)29/h4-5,8-17H,6-7H2,1-3H3,(H,28,29). The summed E-state index contributed by atoms with van der Waals surface area (Å²) in [5.41, 5.74) is 7.93. The molecule has 3 aromatic carbocycles. The van der Waals surface area contributed by atoms with Gasteiger partial charge in [0, 0.05) is 9.64 Å². The quantitative estimate of drug-likeness (QED) is 0.499. The van der Waals surface area contributed by atoms with E-state index >= 15 is 0 Å². The minimum absolute atomic E-state index is 0.0562. The van der Waals surface area contributed by atoms with Crippen LogP contribution in [-0.2, 0) is 12.8 Å². The van der Waals surface area contributed by atoms with Crippen LogP contribution in [0.3, 0.4) is 0 Å². The fraction of sp³-hybridized carbons (Fsp3) is 0.222. The summed E-state index contributed by atoms with van der Waals surface area (Å²) in [4.78, 5) is 12.4. The van der Waals surface area contributed by atoms with Gasteiger partial charge in [-0.15, -0.1) is 11.8 Å². The van der Waals surface area contributed by atoms with E-state index in [0.717, 1.165) is 18.4 Å². The number of rotatable bonds is 5. The lowest BCUT2D eigenvalue weighted by molar-refractivity contribution is 0.0697. The highest BCUT2D eigenvalue weighted by molar-refractivity contribution is 8.01. The summed E-state index contributed by atoms with van der Waals surface area (Å²) >= 11 is 1.91. The molecule has 0 unspecified atom stereocenters. The largest absolute Gasteiger partial charge is 0.478 e. The Balaban J connectivity index is 1.60. The van der Waals surface area contributed by atoms with E-state index in [4.69, 9.17) is 5.11 Å². The maximum absolute atomic E-state index is 11.0. The molecular formula is C27H26O2S. The summed E-state index contributed by atoms with van der Waals surface area (Å²) in [5.74, 6) is -0.882. The molecule has 0 saturated carbocycles. The molecule has 0 fully saturated rings. The molecule has 4 rings (SSSR count). The van der Waals surface area contributed by atoms with Crippen molar-refractivity contribution in [2.24, 2.45) is 0 Å². The van der Waals surface area contributed by atoms with Crippen LogP contribution in [0.2, 0.25) is 0 Å². The summed E-state index contributed by atoms with van der Waals surface area (Å²) in [7, 11) is 0. The Hall–Kier alpha value is -2.78. The Labute approximate surface area is 182 Å². The highest BCUT2D eigenvalue weighted by atomic mass is 32.2. The molecular weight excluding hydrogens is 388 g/mol. The Morgan fingerprint density at radius 1 is 0.900 bits per heavy atom. The van der Waals surface area contributed by atoms with Gasteiger partial charge in [0.15, 0.2) is 0 Å². The van der Waals surface area contributed by atoms with Crippen molar-refractivity contribution in [3.05, 3.63) is 106 Å². The second kappa shape index (κ2) is 8.16. The number of carboxylic acids is 1. The summed E-state index contributed by atoms with van der Waals surface area (Å²) < 4.78 is 0.0562. The maximum Gasteiger partial charge on any atom is 0.335 e. The van der Waals surface area contributed by atoms with Gasteiger partial charge in [-0.25, -0.2) is 4.79 Å². The van der Waals surface area contributed by atoms with Crippen molar-refractivity contribution in [3.8, 4) is 0 Å². The first-order valence-corrected chi connectivity index (χ1v) is 11.1. The number of hydrogen-bond acceptors (Lipinski definition) is 2. The molecule has 0 spiro atoms. The van der Waals surface area contributed by atoms with Crippen molar-refractivity contribution >= 4 is 23.3 Å². The van der Waals surface area contributed by atoms with E-state index in [-0.39, 0.29) is 4.75 Å². The third kappa shape index (κ3) is 4.52. The number of carbonyl (C=O) groups is 1. The zero-order valence-corrected chi connectivity index (χ0v) is 18.4.